The Morgan fingerprint density at radius 3 is 2.45 bits per heavy atom. The van der Waals surface area contributed by atoms with Crippen molar-refractivity contribution in [1.29, 1.82) is 5.26 Å². The van der Waals surface area contributed by atoms with E-state index in [2.05, 4.69) is 43.3 Å². The third-order valence-electron chi connectivity index (χ3n) is 10.1. The predicted molar refractivity (Wildman–Crippen MR) is 161 cm³/mol. The molecule has 3 fully saturated rings. The van der Waals surface area contributed by atoms with Gasteiger partial charge in [0.25, 0.3) is 0 Å². The third-order valence-corrected chi connectivity index (χ3v) is 10.1. The number of ether oxygens (including phenoxy) is 1. The zero-order chi connectivity index (χ0) is 27.6. The lowest BCUT2D eigenvalue weighted by Gasteiger charge is -2.25. The molecule has 3 atom stereocenters. The average Bonchev–Trinajstić information content (AvgIpc) is 3.88. The number of ketones is 1. The Morgan fingerprint density at radius 1 is 0.925 bits per heavy atom. The van der Waals surface area contributed by atoms with Crippen LogP contribution in [0, 0.1) is 23.2 Å². The van der Waals surface area contributed by atoms with Crippen LogP contribution in [0.1, 0.15) is 128 Å². The Morgan fingerprint density at radius 2 is 1.70 bits per heavy atom. The number of allylic oxidation sites excluding steroid dienone is 3. The van der Waals surface area contributed by atoms with Gasteiger partial charge in [0.1, 0.15) is 0 Å². The highest BCUT2D eigenvalue weighted by atomic mass is 16.5. The molecule has 3 unspecified atom stereocenters. The SMILES string of the molecule is COC/C1=C2/CC2/C(C)=C(/c2cc(C(=O)C3CCCCC(c4ccc(C#N)cc4)CC3)ccc2C2CC2)CCC1. The highest BCUT2D eigenvalue weighted by Crippen LogP contribution is 2.52. The monoisotopic (exact) mass is 533 g/mol. The van der Waals surface area contributed by atoms with Crippen molar-refractivity contribution in [2.24, 2.45) is 11.8 Å². The molecule has 4 aliphatic rings. The molecule has 40 heavy (non-hydrogen) atoms. The largest absolute Gasteiger partial charge is 0.380 e. The lowest BCUT2D eigenvalue weighted by atomic mass is 9.78. The molecular weight excluding hydrogens is 490 g/mol. The topological polar surface area (TPSA) is 50.1 Å². The lowest BCUT2D eigenvalue weighted by molar-refractivity contribution is 0.0896. The molecule has 3 saturated carbocycles. The minimum absolute atomic E-state index is 0.0998. The van der Waals surface area contributed by atoms with Gasteiger partial charge in [0.15, 0.2) is 5.78 Å². The molecule has 0 amide bonds. The van der Waals surface area contributed by atoms with Crippen LogP contribution in [0.4, 0.5) is 0 Å². The summed E-state index contributed by atoms with van der Waals surface area (Å²) in [5, 5.41) is 9.17. The van der Waals surface area contributed by atoms with Crippen LogP contribution in [0.3, 0.4) is 0 Å². The number of Topliss-reactive ketones (excluding diaryl/α,β-unsaturated/α-hetero) is 1. The van der Waals surface area contributed by atoms with Crippen LogP contribution in [-0.4, -0.2) is 19.5 Å². The van der Waals surface area contributed by atoms with Crippen molar-refractivity contribution in [3.8, 4) is 6.07 Å². The second-order valence-corrected chi connectivity index (χ2v) is 12.8. The Hall–Kier alpha value is -2.96. The van der Waals surface area contributed by atoms with E-state index < -0.39 is 0 Å². The van der Waals surface area contributed by atoms with E-state index >= 15 is 0 Å². The summed E-state index contributed by atoms with van der Waals surface area (Å²) in [6, 6.07) is 17.1. The highest BCUT2D eigenvalue weighted by molar-refractivity contribution is 5.99. The van der Waals surface area contributed by atoms with Gasteiger partial charge in [-0.2, -0.15) is 5.26 Å². The van der Waals surface area contributed by atoms with Crippen LogP contribution < -0.4 is 0 Å². The van der Waals surface area contributed by atoms with E-state index in [9.17, 15) is 4.79 Å². The van der Waals surface area contributed by atoms with Gasteiger partial charge >= 0.3 is 0 Å². The zero-order valence-electron chi connectivity index (χ0n) is 24.3. The fourth-order valence-electron chi connectivity index (χ4n) is 7.55. The van der Waals surface area contributed by atoms with Gasteiger partial charge in [0.2, 0.25) is 0 Å². The van der Waals surface area contributed by atoms with E-state index in [1.54, 1.807) is 5.57 Å². The molecule has 0 radical (unpaired) electrons. The molecule has 2 aromatic rings. The van der Waals surface area contributed by atoms with Gasteiger partial charge in [-0.15, -0.1) is 0 Å². The van der Waals surface area contributed by atoms with Gasteiger partial charge in [0, 0.05) is 24.5 Å². The maximum absolute atomic E-state index is 14.0. The zero-order valence-corrected chi connectivity index (χ0v) is 24.3. The third kappa shape index (κ3) is 5.75. The van der Waals surface area contributed by atoms with Crippen molar-refractivity contribution in [1.82, 2.24) is 0 Å². The molecule has 2 aromatic carbocycles. The quantitative estimate of drug-likeness (QED) is 0.263. The normalized spacial score (nSPS) is 28.9. The minimum atomic E-state index is 0.0998. The summed E-state index contributed by atoms with van der Waals surface area (Å²) in [4.78, 5) is 14.0. The number of nitriles is 1. The van der Waals surface area contributed by atoms with E-state index in [0.717, 1.165) is 63.5 Å². The van der Waals surface area contributed by atoms with Crippen molar-refractivity contribution < 1.29 is 9.53 Å². The van der Waals surface area contributed by atoms with Gasteiger partial charge in [-0.25, -0.2) is 0 Å². The molecule has 0 saturated heterocycles. The maximum Gasteiger partial charge on any atom is 0.165 e. The molecule has 0 bridgehead atoms. The molecule has 208 valence electrons. The summed E-state index contributed by atoms with van der Waals surface area (Å²) in [6.07, 6.45) is 13.6. The van der Waals surface area contributed by atoms with Gasteiger partial charge in [-0.3, -0.25) is 4.79 Å². The van der Waals surface area contributed by atoms with Gasteiger partial charge in [-0.05, 0) is 129 Å². The van der Waals surface area contributed by atoms with Crippen molar-refractivity contribution >= 4 is 11.4 Å². The summed E-state index contributed by atoms with van der Waals surface area (Å²) < 4.78 is 5.51. The Kier molecular flexibility index (Phi) is 8.08. The Bertz CT molecular complexity index is 1370. The standard InChI is InChI=1S/C37H43NO2/c1-24-32(9-5-8-31(23-40-2)35-21-34(24)35)36-20-30(18-19-33(36)28-15-16-28)37(39)29-7-4-3-6-26(14-17-29)27-12-10-25(22-38)11-13-27/h10-13,18-20,26,28-29,34H,3-9,14-17,21,23H2,1-2H3/b32-24+,35-31-. The fourth-order valence-corrected chi connectivity index (χ4v) is 7.55. The molecular formula is C37H43NO2. The molecule has 3 nitrogen and oxygen atoms in total. The average molecular weight is 534 g/mol. The second kappa shape index (κ2) is 11.9. The van der Waals surface area contributed by atoms with Crippen LogP contribution in [-0.2, 0) is 4.74 Å². The van der Waals surface area contributed by atoms with Crippen molar-refractivity contribution in [2.75, 3.05) is 13.7 Å². The van der Waals surface area contributed by atoms with Crippen LogP contribution in [0.25, 0.3) is 5.57 Å². The molecule has 0 N–H and O–H groups in total. The van der Waals surface area contributed by atoms with Crippen LogP contribution in [0.2, 0.25) is 0 Å². The van der Waals surface area contributed by atoms with Crippen molar-refractivity contribution in [3.63, 3.8) is 0 Å². The van der Waals surface area contributed by atoms with Crippen LogP contribution >= 0.6 is 0 Å². The van der Waals surface area contributed by atoms with Crippen LogP contribution in [0.5, 0.6) is 0 Å². The van der Waals surface area contributed by atoms with E-state index in [0.29, 0.717) is 29.1 Å². The molecule has 0 aromatic heterocycles. The second-order valence-electron chi connectivity index (χ2n) is 12.8. The van der Waals surface area contributed by atoms with Gasteiger partial charge in [-0.1, -0.05) is 48.3 Å². The van der Waals surface area contributed by atoms with Gasteiger partial charge < -0.3 is 4.74 Å². The summed E-state index contributed by atoms with van der Waals surface area (Å²) in [6.45, 7) is 3.13. The summed E-state index contributed by atoms with van der Waals surface area (Å²) in [5.74, 6) is 2.17. The molecule has 0 aliphatic heterocycles. The molecule has 3 heteroatoms. The summed E-state index contributed by atoms with van der Waals surface area (Å²) >= 11 is 0. The molecule has 4 aliphatic carbocycles. The number of nitrogens with zero attached hydrogens (tertiary/aromatic N) is 1. The first kappa shape index (κ1) is 27.2. The first-order valence-corrected chi connectivity index (χ1v) is 15.6. The van der Waals surface area contributed by atoms with Gasteiger partial charge in [0.05, 0.1) is 18.2 Å². The summed E-state index contributed by atoms with van der Waals surface area (Å²) in [7, 11) is 1.81. The van der Waals surface area contributed by atoms with Crippen LogP contribution in [0.15, 0.2) is 59.2 Å². The molecule has 6 rings (SSSR count). The first-order chi connectivity index (χ1) is 19.6. The number of hydrogen-bond donors (Lipinski definition) is 0. The number of carbonyl (C=O) groups is 1. The highest BCUT2D eigenvalue weighted by Gasteiger charge is 2.37. The predicted octanol–water partition coefficient (Wildman–Crippen LogP) is 9.29. The lowest BCUT2D eigenvalue weighted by Crippen LogP contribution is -2.18. The number of fused-ring (bicyclic) bond motifs is 1. The van der Waals surface area contributed by atoms with Crippen molar-refractivity contribution in [2.45, 2.75) is 95.8 Å². The minimum Gasteiger partial charge on any atom is -0.380 e. The summed E-state index contributed by atoms with van der Waals surface area (Å²) in [5.41, 5.74) is 12.0. The number of hydrogen-bond acceptors (Lipinski definition) is 3. The maximum atomic E-state index is 14.0. The Balaban J connectivity index is 1.25. The molecule has 0 spiro atoms. The number of methoxy groups -OCH3 is 1. The number of carbonyl (C=O) groups excluding carboxylic acids is 1. The van der Waals surface area contributed by atoms with Crippen molar-refractivity contribution in [3.05, 3.63) is 87.0 Å². The van der Waals surface area contributed by atoms with E-state index in [4.69, 9.17) is 10.00 Å². The van der Waals surface area contributed by atoms with E-state index in [-0.39, 0.29) is 5.92 Å². The first-order valence-electron chi connectivity index (χ1n) is 15.6. The van der Waals surface area contributed by atoms with E-state index in [1.807, 2.05) is 19.2 Å². The number of benzene rings is 2. The smallest absolute Gasteiger partial charge is 0.165 e. The number of rotatable bonds is 7. The molecule has 0 heterocycles. The Labute approximate surface area is 240 Å². The fraction of sp³-hybridized carbons (Fsp3) is 0.514. The van der Waals surface area contributed by atoms with E-state index in [1.165, 1.54) is 59.1 Å².